The second-order valence-corrected chi connectivity index (χ2v) is 3.51. The Morgan fingerprint density at radius 3 is 2.41 bits per heavy atom. The number of nitrogens with two attached hydrogens (primary N) is 1. The number of ether oxygens (including phenoxy) is 1. The van der Waals surface area contributed by atoms with Gasteiger partial charge in [0.1, 0.15) is 12.4 Å². The van der Waals surface area contributed by atoms with Crippen molar-refractivity contribution in [3.05, 3.63) is 41.5 Å². The van der Waals surface area contributed by atoms with E-state index in [0.717, 1.165) is 6.08 Å². The molecule has 0 aliphatic heterocycles. The maximum Gasteiger partial charge on any atom is 0.328 e. The molecule has 1 aromatic carbocycles. The Balaban J connectivity index is 2.58. The van der Waals surface area contributed by atoms with Gasteiger partial charge in [0, 0.05) is 11.6 Å². The quantitative estimate of drug-likeness (QED) is 0.750. The molecule has 0 aromatic heterocycles. The Morgan fingerprint density at radius 2 is 1.94 bits per heavy atom. The minimum Gasteiger partial charge on any atom is -0.489 e. The fourth-order valence-corrected chi connectivity index (χ4v) is 1.17. The molecule has 0 saturated carbocycles. The number of rotatable bonds is 5. The third-order valence-electron chi connectivity index (χ3n) is 1.98. The molecule has 5 nitrogen and oxygen atoms in total. The number of benzene rings is 1. The number of aliphatic carboxylic acids is 1. The molecule has 1 amide bonds. The average molecular weight is 235 g/mol. The summed E-state index contributed by atoms with van der Waals surface area (Å²) in [6.07, 6.45) is 1.08. The zero-order valence-electron chi connectivity index (χ0n) is 9.34. The van der Waals surface area contributed by atoms with Crippen molar-refractivity contribution in [2.24, 2.45) is 5.73 Å². The number of amides is 1. The highest BCUT2D eigenvalue weighted by atomic mass is 16.5. The first kappa shape index (κ1) is 12.8. The van der Waals surface area contributed by atoms with Gasteiger partial charge in [-0.3, -0.25) is 4.79 Å². The summed E-state index contributed by atoms with van der Waals surface area (Å²) in [6, 6.07) is 6.31. The van der Waals surface area contributed by atoms with Gasteiger partial charge < -0.3 is 15.6 Å². The number of carboxylic acids is 1. The van der Waals surface area contributed by atoms with Gasteiger partial charge in [-0.15, -0.1) is 0 Å². The van der Waals surface area contributed by atoms with E-state index in [0.29, 0.717) is 16.9 Å². The normalized spacial score (nSPS) is 11.0. The molecule has 3 N–H and O–H groups in total. The van der Waals surface area contributed by atoms with E-state index in [1.807, 2.05) is 0 Å². The predicted molar refractivity (Wildman–Crippen MR) is 61.8 cm³/mol. The third kappa shape index (κ3) is 4.38. The lowest BCUT2D eigenvalue weighted by Gasteiger charge is -2.06. The van der Waals surface area contributed by atoms with E-state index in [-0.39, 0.29) is 6.61 Å². The predicted octanol–water partition coefficient (Wildman–Crippen LogP) is 1.20. The van der Waals surface area contributed by atoms with Gasteiger partial charge in [-0.2, -0.15) is 0 Å². The van der Waals surface area contributed by atoms with Crippen LogP contribution >= 0.6 is 0 Å². The Bertz CT molecular complexity index is 448. The third-order valence-corrected chi connectivity index (χ3v) is 1.98. The van der Waals surface area contributed by atoms with Gasteiger partial charge in [0.05, 0.1) is 0 Å². The van der Waals surface area contributed by atoms with E-state index < -0.39 is 11.9 Å². The summed E-state index contributed by atoms with van der Waals surface area (Å²) < 4.78 is 5.32. The van der Waals surface area contributed by atoms with Crippen molar-refractivity contribution in [1.29, 1.82) is 0 Å². The second kappa shape index (κ2) is 5.69. The Morgan fingerprint density at radius 1 is 1.35 bits per heavy atom. The minimum atomic E-state index is -1.00. The van der Waals surface area contributed by atoms with E-state index in [2.05, 4.69) is 0 Å². The number of hydrogen-bond donors (Lipinski definition) is 2. The molecule has 0 fully saturated rings. The summed E-state index contributed by atoms with van der Waals surface area (Å²) in [5.41, 5.74) is 6.08. The topological polar surface area (TPSA) is 89.6 Å². The van der Waals surface area contributed by atoms with Gasteiger partial charge in [-0.25, -0.2) is 4.79 Å². The highest BCUT2D eigenvalue weighted by molar-refractivity contribution is 5.92. The van der Waals surface area contributed by atoms with Crippen molar-refractivity contribution < 1.29 is 19.4 Å². The van der Waals surface area contributed by atoms with E-state index in [4.69, 9.17) is 15.6 Å². The molecule has 5 heteroatoms. The molecule has 0 bridgehead atoms. The summed E-state index contributed by atoms with van der Waals surface area (Å²) in [6.45, 7) is 1.84. The van der Waals surface area contributed by atoms with Crippen LogP contribution in [-0.2, 0) is 4.79 Å². The molecule has 1 rings (SSSR count). The molecule has 0 spiro atoms. The summed E-state index contributed by atoms with van der Waals surface area (Å²) in [5, 5.41) is 8.50. The van der Waals surface area contributed by atoms with E-state index in [1.165, 1.54) is 0 Å². The van der Waals surface area contributed by atoms with E-state index in [9.17, 15) is 9.59 Å². The molecule has 17 heavy (non-hydrogen) atoms. The van der Waals surface area contributed by atoms with Crippen molar-refractivity contribution in [3.63, 3.8) is 0 Å². The molecule has 90 valence electrons. The van der Waals surface area contributed by atoms with E-state index in [1.54, 1.807) is 31.2 Å². The smallest absolute Gasteiger partial charge is 0.328 e. The van der Waals surface area contributed by atoms with Gasteiger partial charge in [0.25, 0.3) is 0 Å². The van der Waals surface area contributed by atoms with Gasteiger partial charge in [0.15, 0.2) is 0 Å². The molecule has 1 aromatic rings. The van der Waals surface area contributed by atoms with Crippen LogP contribution in [-0.4, -0.2) is 23.6 Å². The van der Waals surface area contributed by atoms with Crippen LogP contribution in [0.2, 0.25) is 0 Å². The van der Waals surface area contributed by atoms with Crippen molar-refractivity contribution in [3.8, 4) is 5.75 Å². The summed E-state index contributed by atoms with van der Waals surface area (Å²) in [5.74, 6) is -0.957. The molecular formula is C12H13NO4. The molecule has 0 radical (unpaired) electrons. The summed E-state index contributed by atoms with van der Waals surface area (Å²) in [4.78, 5) is 21.2. The van der Waals surface area contributed by atoms with Crippen LogP contribution in [0.3, 0.4) is 0 Å². The molecule has 0 atom stereocenters. The minimum absolute atomic E-state index is 0.183. The highest BCUT2D eigenvalue weighted by Crippen LogP contribution is 2.12. The molecule has 0 unspecified atom stereocenters. The second-order valence-electron chi connectivity index (χ2n) is 3.51. The highest BCUT2D eigenvalue weighted by Gasteiger charge is 2.01. The molecular weight excluding hydrogens is 222 g/mol. The van der Waals surface area contributed by atoms with Crippen LogP contribution in [0.15, 0.2) is 35.9 Å². The van der Waals surface area contributed by atoms with Crippen LogP contribution in [0.4, 0.5) is 0 Å². The first-order valence-corrected chi connectivity index (χ1v) is 4.92. The fourth-order valence-electron chi connectivity index (χ4n) is 1.17. The van der Waals surface area contributed by atoms with Gasteiger partial charge in [-0.05, 0) is 36.8 Å². The van der Waals surface area contributed by atoms with E-state index >= 15 is 0 Å². The first-order valence-electron chi connectivity index (χ1n) is 4.92. The average Bonchev–Trinajstić information content (AvgIpc) is 2.26. The van der Waals surface area contributed by atoms with Gasteiger partial charge >= 0.3 is 5.97 Å². The largest absolute Gasteiger partial charge is 0.489 e. The van der Waals surface area contributed by atoms with Crippen LogP contribution < -0.4 is 10.5 Å². The Kier molecular flexibility index (Phi) is 4.28. The maximum atomic E-state index is 10.8. The molecule has 0 saturated heterocycles. The van der Waals surface area contributed by atoms with Crippen LogP contribution in [0.1, 0.15) is 17.3 Å². The number of carbonyl (C=O) groups is 2. The first-order chi connectivity index (χ1) is 7.99. The van der Waals surface area contributed by atoms with Crippen LogP contribution in [0, 0.1) is 0 Å². The fraction of sp³-hybridized carbons (Fsp3) is 0.167. The summed E-state index contributed by atoms with van der Waals surface area (Å²) in [7, 11) is 0. The lowest BCUT2D eigenvalue weighted by molar-refractivity contribution is -0.131. The SMILES string of the molecule is CC(=CC(=O)O)COc1ccc(C(N)=O)cc1. The van der Waals surface area contributed by atoms with Gasteiger partial charge in [-0.1, -0.05) is 0 Å². The van der Waals surface area contributed by atoms with Crippen molar-refractivity contribution in [2.75, 3.05) is 6.61 Å². The van der Waals surface area contributed by atoms with Gasteiger partial charge in [0.2, 0.25) is 5.91 Å². The van der Waals surface area contributed by atoms with Crippen LogP contribution in [0.5, 0.6) is 5.75 Å². The van der Waals surface area contributed by atoms with Crippen molar-refractivity contribution in [2.45, 2.75) is 6.92 Å². The molecule has 0 aliphatic rings. The summed E-state index contributed by atoms with van der Waals surface area (Å²) >= 11 is 0. The molecule has 0 aliphatic carbocycles. The number of primary amides is 1. The lowest BCUT2D eigenvalue weighted by atomic mass is 10.2. The molecule has 0 heterocycles. The number of carboxylic acid groups (broad SMARTS) is 1. The lowest BCUT2D eigenvalue weighted by Crippen LogP contribution is -2.10. The van der Waals surface area contributed by atoms with Crippen molar-refractivity contribution in [1.82, 2.24) is 0 Å². The maximum absolute atomic E-state index is 10.8. The number of carbonyl (C=O) groups excluding carboxylic acids is 1. The monoisotopic (exact) mass is 235 g/mol. The Hall–Kier alpha value is -2.30. The Labute approximate surface area is 98.5 Å². The zero-order chi connectivity index (χ0) is 12.8. The number of hydrogen-bond acceptors (Lipinski definition) is 3. The zero-order valence-corrected chi connectivity index (χ0v) is 9.34. The standard InChI is InChI=1S/C12H13NO4/c1-8(6-11(14)15)7-17-10-4-2-9(3-5-10)12(13)16/h2-6H,7H2,1H3,(H2,13,16)(H,14,15). The van der Waals surface area contributed by atoms with Crippen molar-refractivity contribution >= 4 is 11.9 Å². The van der Waals surface area contributed by atoms with Crippen LogP contribution in [0.25, 0.3) is 0 Å².